The summed E-state index contributed by atoms with van der Waals surface area (Å²) in [5.41, 5.74) is 5.38. The maximum atomic E-state index is 13.7. The first kappa shape index (κ1) is 18.6. The van der Waals surface area contributed by atoms with Gasteiger partial charge in [0.1, 0.15) is 11.5 Å². The van der Waals surface area contributed by atoms with Crippen LogP contribution in [0, 0.1) is 0 Å². The van der Waals surface area contributed by atoms with Crippen LogP contribution in [0.3, 0.4) is 0 Å². The molecule has 0 atom stereocenters. The largest absolute Gasteiger partial charge is 0.497 e. The third kappa shape index (κ3) is 2.50. The van der Waals surface area contributed by atoms with Crippen molar-refractivity contribution in [2.75, 3.05) is 14.2 Å². The van der Waals surface area contributed by atoms with Gasteiger partial charge in [-0.05, 0) is 40.6 Å². The van der Waals surface area contributed by atoms with Gasteiger partial charge in [0.2, 0.25) is 0 Å². The highest BCUT2D eigenvalue weighted by Crippen LogP contribution is 2.48. The lowest BCUT2D eigenvalue weighted by atomic mass is 9.93. The Morgan fingerprint density at radius 3 is 2.31 bits per heavy atom. The summed E-state index contributed by atoms with van der Waals surface area (Å²) in [6.07, 6.45) is 0. The second-order valence-corrected chi connectivity index (χ2v) is 7.83. The Morgan fingerprint density at radius 2 is 1.50 bits per heavy atom. The smallest absolute Gasteiger partial charge is 0.196 e. The molecule has 0 aliphatic heterocycles. The predicted octanol–water partition coefficient (Wildman–Crippen LogP) is 6.28. The maximum Gasteiger partial charge on any atom is 0.196 e. The van der Waals surface area contributed by atoms with Crippen molar-refractivity contribution in [3.05, 3.63) is 90.0 Å². The second kappa shape index (κ2) is 6.92. The number of hydrogen-bond donors (Lipinski definition) is 0. The molecule has 5 aromatic rings. The minimum Gasteiger partial charge on any atom is -0.497 e. The van der Waals surface area contributed by atoms with E-state index in [2.05, 4.69) is 18.2 Å². The number of aromatic nitrogens is 1. The summed E-state index contributed by atoms with van der Waals surface area (Å²) < 4.78 is 11.1. The van der Waals surface area contributed by atoms with E-state index < -0.39 is 0 Å². The van der Waals surface area contributed by atoms with Crippen LogP contribution in [0.4, 0.5) is 0 Å². The van der Waals surface area contributed by atoms with Crippen LogP contribution in [0.15, 0.2) is 78.9 Å². The third-order valence-corrected chi connectivity index (χ3v) is 6.21. The van der Waals surface area contributed by atoms with Gasteiger partial charge in [0.25, 0.3) is 0 Å². The molecule has 4 heteroatoms. The Bertz CT molecular complexity index is 1570. The molecule has 0 spiro atoms. The molecule has 1 aliphatic rings. The van der Waals surface area contributed by atoms with Gasteiger partial charge in [-0.2, -0.15) is 0 Å². The van der Waals surface area contributed by atoms with E-state index in [-0.39, 0.29) is 5.78 Å². The van der Waals surface area contributed by atoms with Gasteiger partial charge in [-0.25, -0.2) is 4.98 Å². The number of nitrogens with zero attached hydrogens (tertiary/aromatic N) is 1. The van der Waals surface area contributed by atoms with Crippen LogP contribution in [0.25, 0.3) is 44.1 Å². The number of carbonyl (C=O) groups is 1. The molecule has 1 aliphatic carbocycles. The number of pyridine rings is 1. The standard InChI is InChI=1S/C28H19NO3/c1-31-17-12-14-23(32-2)21(15-17)27-26-25(19-9-5-6-10-20(19)28(26)30)24-18-8-4-3-7-16(18)11-13-22(24)29-27/h3-15H,1-2H3. The van der Waals surface area contributed by atoms with Crippen LogP contribution in [0.1, 0.15) is 15.9 Å². The number of ketones is 1. The molecule has 0 fully saturated rings. The van der Waals surface area contributed by atoms with Gasteiger partial charge >= 0.3 is 0 Å². The Hall–Kier alpha value is -4.18. The predicted molar refractivity (Wildman–Crippen MR) is 127 cm³/mol. The van der Waals surface area contributed by atoms with E-state index in [0.29, 0.717) is 28.3 Å². The minimum absolute atomic E-state index is 0.0159. The van der Waals surface area contributed by atoms with Gasteiger partial charge in [0, 0.05) is 22.1 Å². The Kier molecular flexibility index (Phi) is 4.02. The molecular formula is C28H19NO3. The van der Waals surface area contributed by atoms with Crippen LogP contribution < -0.4 is 9.47 Å². The number of hydrogen-bond acceptors (Lipinski definition) is 4. The van der Waals surface area contributed by atoms with E-state index in [9.17, 15) is 4.79 Å². The normalized spacial score (nSPS) is 12.1. The molecule has 0 N–H and O–H groups in total. The van der Waals surface area contributed by atoms with Gasteiger partial charge < -0.3 is 9.47 Å². The van der Waals surface area contributed by atoms with E-state index in [1.807, 2.05) is 60.7 Å². The highest BCUT2D eigenvalue weighted by molar-refractivity contribution is 6.31. The lowest BCUT2D eigenvalue weighted by molar-refractivity contribution is 0.104. The van der Waals surface area contributed by atoms with Crippen molar-refractivity contribution < 1.29 is 14.3 Å². The summed E-state index contributed by atoms with van der Waals surface area (Å²) >= 11 is 0. The van der Waals surface area contributed by atoms with Crippen molar-refractivity contribution >= 4 is 27.5 Å². The lowest BCUT2D eigenvalue weighted by Crippen LogP contribution is -2.03. The summed E-state index contributed by atoms with van der Waals surface area (Å²) in [5, 5.41) is 3.21. The fraction of sp³-hybridized carbons (Fsp3) is 0.0714. The number of rotatable bonds is 3. The van der Waals surface area contributed by atoms with Gasteiger partial charge in [0.05, 0.1) is 31.0 Å². The Balaban J connectivity index is 1.82. The number of ether oxygens (including phenoxy) is 2. The van der Waals surface area contributed by atoms with E-state index in [1.165, 1.54) is 0 Å². The van der Waals surface area contributed by atoms with Crippen LogP contribution in [-0.2, 0) is 0 Å². The van der Waals surface area contributed by atoms with Crippen molar-refractivity contribution in [3.63, 3.8) is 0 Å². The fourth-order valence-corrected chi connectivity index (χ4v) is 4.75. The Labute approximate surface area is 185 Å². The van der Waals surface area contributed by atoms with Gasteiger partial charge in [-0.1, -0.05) is 54.6 Å². The molecule has 1 heterocycles. The molecule has 0 amide bonds. The molecule has 0 bridgehead atoms. The molecule has 4 aromatic carbocycles. The summed E-state index contributed by atoms with van der Waals surface area (Å²) in [4.78, 5) is 18.7. The SMILES string of the molecule is COc1ccc(OC)c(-c2nc3ccc4ccccc4c3c3c2C(=O)c2ccccc2-3)c1. The van der Waals surface area contributed by atoms with Crippen molar-refractivity contribution in [2.24, 2.45) is 0 Å². The lowest BCUT2D eigenvalue weighted by Gasteiger charge is -2.16. The zero-order valence-corrected chi connectivity index (χ0v) is 17.7. The molecule has 32 heavy (non-hydrogen) atoms. The first-order valence-corrected chi connectivity index (χ1v) is 10.4. The van der Waals surface area contributed by atoms with Gasteiger partial charge in [-0.15, -0.1) is 0 Å². The molecule has 0 saturated heterocycles. The van der Waals surface area contributed by atoms with E-state index >= 15 is 0 Å². The van der Waals surface area contributed by atoms with Crippen molar-refractivity contribution in [3.8, 4) is 33.9 Å². The van der Waals surface area contributed by atoms with Crippen molar-refractivity contribution in [1.29, 1.82) is 0 Å². The third-order valence-electron chi connectivity index (χ3n) is 6.21. The average molecular weight is 417 g/mol. The fourth-order valence-electron chi connectivity index (χ4n) is 4.75. The van der Waals surface area contributed by atoms with Crippen LogP contribution in [0.5, 0.6) is 11.5 Å². The molecule has 0 saturated carbocycles. The molecule has 6 rings (SSSR count). The highest BCUT2D eigenvalue weighted by Gasteiger charge is 2.33. The summed E-state index contributed by atoms with van der Waals surface area (Å²) in [5.74, 6) is 1.31. The number of fused-ring (bicyclic) bond motifs is 7. The monoisotopic (exact) mass is 417 g/mol. The number of carbonyl (C=O) groups excluding carboxylic acids is 1. The minimum atomic E-state index is -0.0159. The van der Waals surface area contributed by atoms with E-state index in [4.69, 9.17) is 14.5 Å². The zero-order chi connectivity index (χ0) is 21.8. The van der Waals surface area contributed by atoms with Crippen molar-refractivity contribution in [2.45, 2.75) is 0 Å². The van der Waals surface area contributed by atoms with E-state index in [0.717, 1.165) is 38.4 Å². The molecule has 4 nitrogen and oxygen atoms in total. The first-order chi connectivity index (χ1) is 15.7. The number of benzene rings is 4. The average Bonchev–Trinajstić information content (AvgIpc) is 3.15. The van der Waals surface area contributed by atoms with Crippen LogP contribution in [-0.4, -0.2) is 25.0 Å². The van der Waals surface area contributed by atoms with Crippen LogP contribution >= 0.6 is 0 Å². The molecule has 154 valence electrons. The Morgan fingerprint density at radius 1 is 0.719 bits per heavy atom. The maximum absolute atomic E-state index is 13.7. The molecule has 1 aromatic heterocycles. The van der Waals surface area contributed by atoms with Crippen molar-refractivity contribution in [1.82, 2.24) is 4.98 Å². The molecular weight excluding hydrogens is 398 g/mol. The highest BCUT2D eigenvalue weighted by atomic mass is 16.5. The van der Waals surface area contributed by atoms with Gasteiger partial charge in [0.15, 0.2) is 5.78 Å². The quantitative estimate of drug-likeness (QED) is 0.318. The summed E-state index contributed by atoms with van der Waals surface area (Å²) in [6, 6.07) is 25.7. The van der Waals surface area contributed by atoms with Gasteiger partial charge in [-0.3, -0.25) is 4.79 Å². The summed E-state index contributed by atoms with van der Waals surface area (Å²) in [6.45, 7) is 0. The van der Waals surface area contributed by atoms with Crippen LogP contribution in [0.2, 0.25) is 0 Å². The molecule has 0 unspecified atom stereocenters. The summed E-state index contributed by atoms with van der Waals surface area (Å²) in [7, 11) is 3.24. The molecule has 0 radical (unpaired) electrons. The topological polar surface area (TPSA) is 48.4 Å². The number of methoxy groups -OCH3 is 2. The second-order valence-electron chi connectivity index (χ2n) is 7.83. The zero-order valence-electron chi connectivity index (χ0n) is 17.7. The van der Waals surface area contributed by atoms with E-state index in [1.54, 1.807) is 14.2 Å². The first-order valence-electron chi connectivity index (χ1n) is 10.4.